The Bertz CT molecular complexity index is 528. The predicted molar refractivity (Wildman–Crippen MR) is 75.7 cm³/mol. The number of halogens is 1. The second-order valence-electron chi connectivity index (χ2n) is 4.49. The normalized spacial score (nSPS) is 16.9. The summed E-state index contributed by atoms with van der Waals surface area (Å²) in [5, 5.41) is 8.73. The zero-order valence-corrected chi connectivity index (χ0v) is 11.4. The van der Waals surface area contributed by atoms with Crippen LogP contribution in [0.25, 0.3) is 6.08 Å². The second kappa shape index (κ2) is 6.40. The number of carbonyl (C=O) groups is 1. The molecule has 2 rings (SSSR count). The topological polar surface area (TPSA) is 44.1 Å². The average molecular weight is 275 g/mol. The highest BCUT2D eigenvalue weighted by Crippen LogP contribution is 2.20. The predicted octanol–water partition coefficient (Wildman–Crippen LogP) is 2.80. The van der Waals surface area contributed by atoms with Crippen LogP contribution in [0, 0.1) is 11.3 Å². The lowest BCUT2D eigenvalue weighted by molar-refractivity contribution is -0.124. The van der Waals surface area contributed by atoms with Crippen LogP contribution in [0.3, 0.4) is 0 Å². The van der Waals surface area contributed by atoms with Gasteiger partial charge in [0.25, 0.3) is 0 Å². The SMILES string of the molecule is N#Cc1ccc(/C=C2\CCN(CCCCl)C2=O)cc1. The summed E-state index contributed by atoms with van der Waals surface area (Å²) in [7, 11) is 0. The van der Waals surface area contributed by atoms with Gasteiger partial charge in [0.15, 0.2) is 0 Å². The summed E-state index contributed by atoms with van der Waals surface area (Å²) in [5.74, 6) is 0.688. The first kappa shape index (κ1) is 13.6. The Hall–Kier alpha value is -1.79. The summed E-state index contributed by atoms with van der Waals surface area (Å²) >= 11 is 5.64. The zero-order chi connectivity index (χ0) is 13.7. The van der Waals surface area contributed by atoms with E-state index in [-0.39, 0.29) is 5.91 Å². The van der Waals surface area contributed by atoms with Gasteiger partial charge in [-0.15, -0.1) is 11.6 Å². The summed E-state index contributed by atoms with van der Waals surface area (Å²) in [5.41, 5.74) is 2.42. The fourth-order valence-corrected chi connectivity index (χ4v) is 2.24. The average Bonchev–Trinajstić information content (AvgIpc) is 2.78. The van der Waals surface area contributed by atoms with Crippen molar-refractivity contribution < 1.29 is 4.79 Å². The van der Waals surface area contributed by atoms with Crippen LogP contribution in [-0.2, 0) is 4.79 Å². The van der Waals surface area contributed by atoms with Crippen LogP contribution in [0.1, 0.15) is 24.0 Å². The summed E-state index contributed by atoms with van der Waals surface area (Å²) in [6.45, 7) is 1.50. The molecule has 1 aromatic carbocycles. The van der Waals surface area contributed by atoms with E-state index in [0.717, 1.165) is 37.1 Å². The third kappa shape index (κ3) is 3.36. The number of benzene rings is 1. The van der Waals surface area contributed by atoms with E-state index in [1.807, 2.05) is 23.1 Å². The molecule has 0 bridgehead atoms. The fraction of sp³-hybridized carbons (Fsp3) is 0.333. The number of nitriles is 1. The van der Waals surface area contributed by atoms with E-state index >= 15 is 0 Å². The summed E-state index contributed by atoms with van der Waals surface area (Å²) < 4.78 is 0. The lowest BCUT2D eigenvalue weighted by atomic mass is 10.1. The van der Waals surface area contributed by atoms with Gasteiger partial charge in [-0.25, -0.2) is 0 Å². The van der Waals surface area contributed by atoms with Gasteiger partial charge in [-0.1, -0.05) is 12.1 Å². The van der Waals surface area contributed by atoms with Gasteiger partial charge in [0.2, 0.25) is 5.91 Å². The molecule has 1 amide bonds. The number of hydrogen-bond acceptors (Lipinski definition) is 2. The third-order valence-electron chi connectivity index (χ3n) is 3.16. The fourth-order valence-electron chi connectivity index (χ4n) is 2.12. The van der Waals surface area contributed by atoms with E-state index in [9.17, 15) is 4.79 Å². The molecule has 0 aromatic heterocycles. The quantitative estimate of drug-likeness (QED) is 0.626. The molecule has 0 N–H and O–H groups in total. The number of likely N-dealkylation sites (tertiary alicyclic amines) is 1. The van der Waals surface area contributed by atoms with E-state index < -0.39 is 0 Å². The van der Waals surface area contributed by atoms with Crippen molar-refractivity contribution in [1.82, 2.24) is 4.90 Å². The van der Waals surface area contributed by atoms with Gasteiger partial charge >= 0.3 is 0 Å². The van der Waals surface area contributed by atoms with Crippen LogP contribution in [0.15, 0.2) is 29.8 Å². The van der Waals surface area contributed by atoms with E-state index in [0.29, 0.717) is 11.4 Å². The molecule has 19 heavy (non-hydrogen) atoms. The van der Waals surface area contributed by atoms with Crippen molar-refractivity contribution in [3.63, 3.8) is 0 Å². The maximum absolute atomic E-state index is 12.1. The molecule has 0 spiro atoms. The summed E-state index contributed by atoms with van der Waals surface area (Å²) in [6.07, 6.45) is 3.52. The van der Waals surface area contributed by atoms with Gasteiger partial charge < -0.3 is 4.90 Å². The first-order chi connectivity index (χ1) is 9.24. The molecule has 1 aromatic rings. The largest absolute Gasteiger partial charge is 0.339 e. The van der Waals surface area contributed by atoms with Gasteiger partial charge in [0, 0.05) is 24.5 Å². The van der Waals surface area contributed by atoms with Gasteiger partial charge in [0.1, 0.15) is 0 Å². The number of amides is 1. The molecule has 1 saturated heterocycles. The minimum atomic E-state index is 0.106. The lowest BCUT2D eigenvalue weighted by Crippen LogP contribution is -2.26. The van der Waals surface area contributed by atoms with Crippen molar-refractivity contribution in [2.45, 2.75) is 12.8 Å². The van der Waals surface area contributed by atoms with Crippen LogP contribution in [0.5, 0.6) is 0 Å². The molecular formula is C15H15ClN2O. The Morgan fingerprint density at radius 1 is 1.37 bits per heavy atom. The van der Waals surface area contributed by atoms with Crippen LogP contribution in [-0.4, -0.2) is 29.8 Å². The van der Waals surface area contributed by atoms with E-state index in [4.69, 9.17) is 16.9 Å². The van der Waals surface area contributed by atoms with Crippen molar-refractivity contribution in [3.05, 3.63) is 41.0 Å². The number of hydrogen-bond donors (Lipinski definition) is 0. The third-order valence-corrected chi connectivity index (χ3v) is 3.42. The zero-order valence-electron chi connectivity index (χ0n) is 10.6. The molecule has 0 aliphatic carbocycles. The molecule has 0 radical (unpaired) electrons. The Kier molecular flexibility index (Phi) is 4.59. The highest BCUT2D eigenvalue weighted by molar-refractivity contribution is 6.17. The smallest absolute Gasteiger partial charge is 0.249 e. The first-order valence-corrected chi connectivity index (χ1v) is 6.84. The van der Waals surface area contributed by atoms with Crippen LogP contribution in [0.2, 0.25) is 0 Å². The van der Waals surface area contributed by atoms with Gasteiger partial charge in [0.05, 0.1) is 11.6 Å². The van der Waals surface area contributed by atoms with Gasteiger partial charge in [-0.2, -0.15) is 5.26 Å². The Balaban J connectivity index is 2.07. The van der Waals surface area contributed by atoms with E-state index in [1.165, 1.54) is 0 Å². The monoisotopic (exact) mass is 274 g/mol. The van der Waals surface area contributed by atoms with E-state index in [1.54, 1.807) is 12.1 Å². The molecule has 0 atom stereocenters. The molecule has 1 aliphatic heterocycles. The standard InChI is InChI=1S/C15H15ClN2O/c16-7-1-8-18-9-6-14(15(18)19)10-12-2-4-13(11-17)5-3-12/h2-5,10H,1,6-9H2/b14-10+. The van der Waals surface area contributed by atoms with Crippen molar-refractivity contribution in [1.29, 1.82) is 5.26 Å². The number of alkyl halides is 1. The van der Waals surface area contributed by atoms with Crippen molar-refractivity contribution >= 4 is 23.6 Å². The van der Waals surface area contributed by atoms with Crippen molar-refractivity contribution in [2.24, 2.45) is 0 Å². The molecule has 1 fully saturated rings. The molecule has 1 heterocycles. The lowest BCUT2D eigenvalue weighted by Gasteiger charge is -2.13. The molecular weight excluding hydrogens is 260 g/mol. The number of nitrogens with zero attached hydrogens (tertiary/aromatic N) is 2. The second-order valence-corrected chi connectivity index (χ2v) is 4.87. The first-order valence-electron chi connectivity index (χ1n) is 6.30. The van der Waals surface area contributed by atoms with Gasteiger partial charge in [-0.3, -0.25) is 4.79 Å². The van der Waals surface area contributed by atoms with Crippen LogP contribution >= 0.6 is 11.6 Å². The van der Waals surface area contributed by atoms with Crippen molar-refractivity contribution in [3.8, 4) is 6.07 Å². The van der Waals surface area contributed by atoms with Gasteiger partial charge in [-0.05, 0) is 36.6 Å². The van der Waals surface area contributed by atoms with Crippen LogP contribution in [0.4, 0.5) is 0 Å². The minimum absolute atomic E-state index is 0.106. The highest BCUT2D eigenvalue weighted by Gasteiger charge is 2.24. The maximum atomic E-state index is 12.1. The van der Waals surface area contributed by atoms with Crippen molar-refractivity contribution in [2.75, 3.05) is 19.0 Å². The number of carbonyl (C=O) groups excluding carboxylic acids is 1. The van der Waals surface area contributed by atoms with E-state index in [2.05, 4.69) is 6.07 Å². The molecule has 0 saturated carbocycles. The minimum Gasteiger partial charge on any atom is -0.339 e. The summed E-state index contributed by atoms with van der Waals surface area (Å²) in [6, 6.07) is 9.32. The Labute approximate surface area is 118 Å². The highest BCUT2D eigenvalue weighted by atomic mass is 35.5. The molecule has 4 heteroatoms. The summed E-state index contributed by atoms with van der Waals surface area (Å²) in [4.78, 5) is 13.9. The molecule has 1 aliphatic rings. The molecule has 0 unspecified atom stereocenters. The number of rotatable bonds is 4. The Morgan fingerprint density at radius 2 is 2.11 bits per heavy atom. The Morgan fingerprint density at radius 3 is 2.74 bits per heavy atom. The van der Waals surface area contributed by atoms with Crippen LogP contribution < -0.4 is 0 Å². The molecule has 3 nitrogen and oxygen atoms in total. The maximum Gasteiger partial charge on any atom is 0.249 e. The molecule has 98 valence electrons.